The van der Waals surface area contributed by atoms with Crippen molar-refractivity contribution >= 4 is 5.91 Å². The molecule has 1 amide bonds. The van der Waals surface area contributed by atoms with Gasteiger partial charge in [0.2, 0.25) is 5.91 Å². The predicted octanol–water partition coefficient (Wildman–Crippen LogP) is -0.175. The molecule has 1 saturated heterocycles. The monoisotopic (exact) mass is 243 g/mol. The van der Waals surface area contributed by atoms with E-state index in [-0.39, 0.29) is 5.91 Å². The predicted molar refractivity (Wildman–Crippen MR) is 68.0 cm³/mol. The number of amides is 1. The highest BCUT2D eigenvalue weighted by Crippen LogP contribution is 1.91. The van der Waals surface area contributed by atoms with E-state index in [9.17, 15) is 4.79 Å². The van der Waals surface area contributed by atoms with Crippen LogP contribution in [-0.2, 0) is 9.53 Å². The minimum absolute atomic E-state index is 0.103. The largest absolute Gasteiger partial charge is 0.380 e. The first-order chi connectivity index (χ1) is 8.33. The van der Waals surface area contributed by atoms with Gasteiger partial charge in [0.05, 0.1) is 13.2 Å². The molecule has 0 aromatic rings. The fourth-order valence-electron chi connectivity index (χ4n) is 1.74. The van der Waals surface area contributed by atoms with Crippen LogP contribution in [0.5, 0.6) is 0 Å². The van der Waals surface area contributed by atoms with Gasteiger partial charge in [-0.1, -0.05) is 13.3 Å². The van der Waals surface area contributed by atoms with Crippen molar-refractivity contribution < 1.29 is 9.53 Å². The van der Waals surface area contributed by atoms with Crippen LogP contribution in [0.2, 0.25) is 0 Å². The summed E-state index contributed by atoms with van der Waals surface area (Å²) in [6, 6.07) is 0. The van der Waals surface area contributed by atoms with E-state index in [1.807, 2.05) is 0 Å². The van der Waals surface area contributed by atoms with Crippen molar-refractivity contribution in [3.05, 3.63) is 0 Å². The normalized spacial score (nSPS) is 17.0. The molecule has 17 heavy (non-hydrogen) atoms. The fraction of sp³-hybridized carbons (Fsp3) is 0.917. The first-order valence-electron chi connectivity index (χ1n) is 6.60. The average molecular weight is 243 g/mol. The Morgan fingerprint density at radius 1 is 1.35 bits per heavy atom. The zero-order valence-corrected chi connectivity index (χ0v) is 10.8. The molecule has 0 bridgehead atoms. The lowest BCUT2D eigenvalue weighted by Crippen LogP contribution is -2.47. The summed E-state index contributed by atoms with van der Waals surface area (Å²) >= 11 is 0. The van der Waals surface area contributed by atoms with E-state index in [0.29, 0.717) is 19.7 Å². The second-order valence-corrected chi connectivity index (χ2v) is 4.34. The van der Waals surface area contributed by atoms with Crippen molar-refractivity contribution in [2.24, 2.45) is 0 Å². The van der Waals surface area contributed by atoms with Crippen LogP contribution in [0, 0.1) is 0 Å². The number of nitrogens with one attached hydrogen (secondary N) is 2. The summed E-state index contributed by atoms with van der Waals surface area (Å²) in [5, 5.41) is 6.15. The lowest BCUT2D eigenvalue weighted by molar-refractivity contribution is -0.122. The minimum atomic E-state index is 0.103. The lowest BCUT2D eigenvalue weighted by Gasteiger charge is -2.26. The number of ether oxygens (including phenoxy) is 1. The number of piperazine rings is 1. The fourth-order valence-corrected chi connectivity index (χ4v) is 1.74. The zero-order valence-electron chi connectivity index (χ0n) is 10.8. The third kappa shape index (κ3) is 7.31. The van der Waals surface area contributed by atoms with Crippen LogP contribution < -0.4 is 10.6 Å². The van der Waals surface area contributed by atoms with Gasteiger partial charge in [0.15, 0.2) is 0 Å². The standard InChI is InChI=1S/C12H25N3O2/c1-2-3-9-17-10-6-14-12(16)11-15-7-4-13-5-8-15/h13H,2-11H2,1H3,(H,14,16). The van der Waals surface area contributed by atoms with Crippen LogP contribution in [0.25, 0.3) is 0 Å². The number of carbonyl (C=O) groups is 1. The van der Waals surface area contributed by atoms with Gasteiger partial charge in [0.1, 0.15) is 0 Å². The van der Waals surface area contributed by atoms with E-state index < -0.39 is 0 Å². The number of nitrogens with zero attached hydrogens (tertiary/aromatic N) is 1. The van der Waals surface area contributed by atoms with Crippen molar-refractivity contribution in [1.29, 1.82) is 0 Å². The topological polar surface area (TPSA) is 53.6 Å². The zero-order chi connectivity index (χ0) is 12.3. The summed E-state index contributed by atoms with van der Waals surface area (Å²) in [6.45, 7) is 8.56. The second-order valence-electron chi connectivity index (χ2n) is 4.34. The number of unbranched alkanes of at least 4 members (excludes halogenated alkanes) is 1. The summed E-state index contributed by atoms with van der Waals surface area (Å²) in [5.74, 6) is 0.103. The van der Waals surface area contributed by atoms with Crippen molar-refractivity contribution in [3.63, 3.8) is 0 Å². The number of hydrogen-bond acceptors (Lipinski definition) is 4. The SMILES string of the molecule is CCCCOCCNC(=O)CN1CCNCC1. The maximum Gasteiger partial charge on any atom is 0.234 e. The number of hydrogen-bond donors (Lipinski definition) is 2. The van der Waals surface area contributed by atoms with Gasteiger partial charge in [-0.25, -0.2) is 0 Å². The second kappa shape index (κ2) is 9.39. The van der Waals surface area contributed by atoms with Gasteiger partial charge >= 0.3 is 0 Å². The Hall–Kier alpha value is -0.650. The third-order valence-corrected chi connectivity index (χ3v) is 2.79. The molecule has 0 radical (unpaired) electrons. The molecule has 1 aliphatic rings. The highest BCUT2D eigenvalue weighted by Gasteiger charge is 2.12. The Morgan fingerprint density at radius 2 is 2.12 bits per heavy atom. The van der Waals surface area contributed by atoms with Crippen LogP contribution in [0.1, 0.15) is 19.8 Å². The molecule has 0 saturated carbocycles. The van der Waals surface area contributed by atoms with Crippen molar-refractivity contribution in [3.8, 4) is 0 Å². The van der Waals surface area contributed by atoms with Gasteiger partial charge in [-0.05, 0) is 6.42 Å². The Kier molecular flexibility index (Phi) is 7.96. The lowest BCUT2D eigenvalue weighted by atomic mass is 10.3. The number of rotatable bonds is 8. The van der Waals surface area contributed by atoms with Crippen LogP contribution in [0.15, 0.2) is 0 Å². The highest BCUT2D eigenvalue weighted by molar-refractivity contribution is 5.77. The third-order valence-electron chi connectivity index (χ3n) is 2.79. The van der Waals surface area contributed by atoms with E-state index >= 15 is 0 Å². The molecular formula is C12H25N3O2. The molecule has 5 nitrogen and oxygen atoms in total. The van der Waals surface area contributed by atoms with Crippen molar-refractivity contribution in [2.75, 3.05) is 52.5 Å². The highest BCUT2D eigenvalue weighted by atomic mass is 16.5. The quantitative estimate of drug-likeness (QED) is 0.581. The van der Waals surface area contributed by atoms with Gasteiger partial charge in [-0.2, -0.15) is 0 Å². The van der Waals surface area contributed by atoms with Gasteiger partial charge in [-0.15, -0.1) is 0 Å². The van der Waals surface area contributed by atoms with Crippen molar-refractivity contribution in [1.82, 2.24) is 15.5 Å². The molecular weight excluding hydrogens is 218 g/mol. The van der Waals surface area contributed by atoms with Gasteiger partial charge in [0, 0.05) is 39.3 Å². The summed E-state index contributed by atoms with van der Waals surface area (Å²) in [5.41, 5.74) is 0. The van der Waals surface area contributed by atoms with E-state index in [4.69, 9.17) is 4.74 Å². The Labute approximate surface area is 104 Å². The smallest absolute Gasteiger partial charge is 0.234 e. The molecule has 5 heteroatoms. The molecule has 0 spiro atoms. The molecule has 2 N–H and O–H groups in total. The summed E-state index contributed by atoms with van der Waals surface area (Å²) in [7, 11) is 0. The average Bonchev–Trinajstić information content (AvgIpc) is 2.35. The first kappa shape index (κ1) is 14.4. The number of carbonyl (C=O) groups excluding carboxylic acids is 1. The van der Waals surface area contributed by atoms with Crippen LogP contribution in [0.3, 0.4) is 0 Å². The van der Waals surface area contributed by atoms with Gasteiger partial charge < -0.3 is 15.4 Å². The van der Waals surface area contributed by atoms with E-state index in [1.54, 1.807) is 0 Å². The Balaban J connectivity index is 1.93. The summed E-state index contributed by atoms with van der Waals surface area (Å²) < 4.78 is 5.38. The minimum Gasteiger partial charge on any atom is -0.380 e. The molecule has 0 atom stereocenters. The van der Waals surface area contributed by atoms with E-state index in [0.717, 1.165) is 45.6 Å². The molecule has 100 valence electrons. The maximum absolute atomic E-state index is 11.6. The summed E-state index contributed by atoms with van der Waals surface area (Å²) in [4.78, 5) is 13.7. The molecule has 1 rings (SSSR count). The van der Waals surface area contributed by atoms with Crippen LogP contribution in [-0.4, -0.2) is 63.3 Å². The molecule has 0 aromatic carbocycles. The summed E-state index contributed by atoms with van der Waals surface area (Å²) in [6.07, 6.45) is 2.24. The molecule has 1 fully saturated rings. The first-order valence-corrected chi connectivity index (χ1v) is 6.60. The van der Waals surface area contributed by atoms with E-state index in [1.165, 1.54) is 0 Å². The van der Waals surface area contributed by atoms with E-state index in [2.05, 4.69) is 22.5 Å². The molecule has 0 aliphatic carbocycles. The van der Waals surface area contributed by atoms with Crippen LogP contribution in [0.4, 0.5) is 0 Å². The molecule has 1 aliphatic heterocycles. The maximum atomic E-state index is 11.6. The molecule has 1 heterocycles. The Morgan fingerprint density at radius 3 is 2.82 bits per heavy atom. The Bertz CT molecular complexity index is 206. The van der Waals surface area contributed by atoms with Gasteiger partial charge in [0.25, 0.3) is 0 Å². The van der Waals surface area contributed by atoms with Crippen molar-refractivity contribution in [2.45, 2.75) is 19.8 Å². The molecule has 0 aromatic heterocycles. The van der Waals surface area contributed by atoms with Gasteiger partial charge in [-0.3, -0.25) is 9.69 Å². The molecule has 0 unspecified atom stereocenters. The van der Waals surface area contributed by atoms with Crippen LogP contribution >= 0.6 is 0 Å².